The van der Waals surface area contributed by atoms with Gasteiger partial charge in [0.2, 0.25) is 0 Å². The molecule has 14 heavy (non-hydrogen) atoms. The van der Waals surface area contributed by atoms with Crippen molar-refractivity contribution in [2.45, 2.75) is 32.7 Å². The fraction of sp³-hybridized carbons (Fsp3) is 0.500. The van der Waals surface area contributed by atoms with Crippen LogP contribution in [0.5, 0.6) is 5.75 Å². The normalized spacial score (nSPS) is 12.6. The van der Waals surface area contributed by atoms with Crippen LogP contribution in [-0.2, 0) is 0 Å². The zero-order valence-electron chi connectivity index (χ0n) is 9.21. The first-order chi connectivity index (χ1) is 6.70. The van der Waals surface area contributed by atoms with Gasteiger partial charge < -0.3 is 10.5 Å². The SMILES string of the molecule is CCCC(N)c1c(C)cccc1OC. The van der Waals surface area contributed by atoms with Crippen LogP contribution in [0.25, 0.3) is 0 Å². The van der Waals surface area contributed by atoms with E-state index in [1.54, 1.807) is 7.11 Å². The van der Waals surface area contributed by atoms with Crippen molar-refractivity contribution in [1.29, 1.82) is 0 Å². The Hall–Kier alpha value is -1.02. The highest BCUT2D eigenvalue weighted by molar-refractivity contribution is 5.41. The van der Waals surface area contributed by atoms with Crippen molar-refractivity contribution >= 4 is 0 Å². The molecule has 1 aromatic rings. The largest absolute Gasteiger partial charge is 0.496 e. The van der Waals surface area contributed by atoms with Crippen molar-refractivity contribution in [2.75, 3.05) is 7.11 Å². The van der Waals surface area contributed by atoms with Crippen LogP contribution >= 0.6 is 0 Å². The molecule has 0 aliphatic heterocycles. The molecule has 0 aliphatic rings. The fourth-order valence-corrected chi connectivity index (χ4v) is 1.76. The molecule has 0 bridgehead atoms. The second-order valence-corrected chi connectivity index (χ2v) is 3.59. The maximum absolute atomic E-state index is 6.10. The van der Waals surface area contributed by atoms with E-state index in [4.69, 9.17) is 10.5 Å². The lowest BCUT2D eigenvalue weighted by molar-refractivity contribution is 0.403. The molecule has 2 heteroatoms. The van der Waals surface area contributed by atoms with Gasteiger partial charge in [-0.2, -0.15) is 0 Å². The fourth-order valence-electron chi connectivity index (χ4n) is 1.76. The van der Waals surface area contributed by atoms with Crippen molar-refractivity contribution in [2.24, 2.45) is 5.73 Å². The Kier molecular flexibility index (Phi) is 3.96. The van der Waals surface area contributed by atoms with Crippen LogP contribution in [0.2, 0.25) is 0 Å². The molecule has 1 rings (SSSR count). The number of ether oxygens (including phenoxy) is 1. The average Bonchev–Trinajstić information content (AvgIpc) is 2.17. The summed E-state index contributed by atoms with van der Waals surface area (Å²) in [5.41, 5.74) is 8.47. The summed E-state index contributed by atoms with van der Waals surface area (Å²) in [4.78, 5) is 0. The standard InChI is InChI=1S/C12H19NO/c1-4-6-10(13)12-9(2)7-5-8-11(12)14-3/h5,7-8,10H,4,6,13H2,1-3H3. The lowest BCUT2D eigenvalue weighted by Crippen LogP contribution is -2.12. The molecular formula is C12H19NO. The number of hydrogen-bond donors (Lipinski definition) is 1. The first-order valence-electron chi connectivity index (χ1n) is 5.09. The molecule has 2 N–H and O–H groups in total. The number of methoxy groups -OCH3 is 1. The van der Waals surface area contributed by atoms with E-state index in [9.17, 15) is 0 Å². The van der Waals surface area contributed by atoms with Gasteiger partial charge in [-0.05, 0) is 25.0 Å². The molecule has 0 saturated carbocycles. The van der Waals surface area contributed by atoms with Crippen molar-refractivity contribution in [3.63, 3.8) is 0 Å². The Labute approximate surface area is 86.1 Å². The topological polar surface area (TPSA) is 35.2 Å². The van der Waals surface area contributed by atoms with Crippen LogP contribution in [0.15, 0.2) is 18.2 Å². The second kappa shape index (κ2) is 5.01. The van der Waals surface area contributed by atoms with Gasteiger partial charge in [0, 0.05) is 11.6 Å². The van der Waals surface area contributed by atoms with Gasteiger partial charge in [0.15, 0.2) is 0 Å². The Morgan fingerprint density at radius 1 is 1.43 bits per heavy atom. The third-order valence-electron chi connectivity index (χ3n) is 2.47. The molecule has 1 atom stereocenters. The lowest BCUT2D eigenvalue weighted by atomic mass is 9.97. The summed E-state index contributed by atoms with van der Waals surface area (Å²) in [5.74, 6) is 0.908. The number of aryl methyl sites for hydroxylation is 1. The summed E-state index contributed by atoms with van der Waals surface area (Å²) in [5, 5.41) is 0. The van der Waals surface area contributed by atoms with E-state index >= 15 is 0 Å². The molecule has 0 radical (unpaired) electrons. The van der Waals surface area contributed by atoms with Crippen LogP contribution in [0.4, 0.5) is 0 Å². The van der Waals surface area contributed by atoms with Gasteiger partial charge in [0.05, 0.1) is 7.11 Å². The Balaban J connectivity index is 3.03. The first kappa shape index (κ1) is 11.1. The zero-order chi connectivity index (χ0) is 10.6. The van der Waals surface area contributed by atoms with Crippen molar-refractivity contribution in [3.8, 4) is 5.75 Å². The maximum Gasteiger partial charge on any atom is 0.123 e. The third-order valence-corrected chi connectivity index (χ3v) is 2.47. The Morgan fingerprint density at radius 2 is 2.14 bits per heavy atom. The van der Waals surface area contributed by atoms with E-state index in [1.165, 1.54) is 5.56 Å². The van der Waals surface area contributed by atoms with E-state index in [0.717, 1.165) is 24.2 Å². The number of hydrogen-bond acceptors (Lipinski definition) is 2. The third kappa shape index (κ3) is 2.26. The molecular weight excluding hydrogens is 174 g/mol. The highest BCUT2D eigenvalue weighted by Crippen LogP contribution is 2.29. The van der Waals surface area contributed by atoms with Gasteiger partial charge >= 0.3 is 0 Å². The molecule has 0 saturated heterocycles. The van der Waals surface area contributed by atoms with Gasteiger partial charge in [0.1, 0.15) is 5.75 Å². The number of rotatable bonds is 4. The van der Waals surface area contributed by atoms with Crippen molar-refractivity contribution < 1.29 is 4.74 Å². The summed E-state index contributed by atoms with van der Waals surface area (Å²) in [7, 11) is 1.69. The van der Waals surface area contributed by atoms with Gasteiger partial charge in [-0.3, -0.25) is 0 Å². The first-order valence-corrected chi connectivity index (χ1v) is 5.09. The lowest BCUT2D eigenvalue weighted by Gasteiger charge is -2.17. The quantitative estimate of drug-likeness (QED) is 0.798. The maximum atomic E-state index is 6.10. The molecule has 1 unspecified atom stereocenters. The van der Waals surface area contributed by atoms with E-state index in [0.29, 0.717) is 0 Å². The molecule has 0 fully saturated rings. The Morgan fingerprint density at radius 3 is 2.71 bits per heavy atom. The number of nitrogens with two attached hydrogens (primary N) is 1. The summed E-state index contributed by atoms with van der Waals surface area (Å²) in [6.07, 6.45) is 2.10. The molecule has 0 amide bonds. The van der Waals surface area contributed by atoms with Crippen LogP contribution < -0.4 is 10.5 Å². The minimum absolute atomic E-state index is 0.0937. The van der Waals surface area contributed by atoms with Gasteiger partial charge in [0.25, 0.3) is 0 Å². The minimum Gasteiger partial charge on any atom is -0.496 e. The summed E-state index contributed by atoms with van der Waals surface area (Å²) < 4.78 is 5.31. The van der Waals surface area contributed by atoms with Crippen LogP contribution in [0.3, 0.4) is 0 Å². The van der Waals surface area contributed by atoms with Crippen molar-refractivity contribution in [1.82, 2.24) is 0 Å². The van der Waals surface area contributed by atoms with E-state index in [-0.39, 0.29) is 6.04 Å². The Bertz CT molecular complexity index is 296. The molecule has 0 aliphatic carbocycles. The van der Waals surface area contributed by atoms with Crippen LogP contribution in [0, 0.1) is 6.92 Å². The second-order valence-electron chi connectivity index (χ2n) is 3.59. The predicted molar refractivity (Wildman–Crippen MR) is 59.6 cm³/mol. The summed E-state index contributed by atoms with van der Waals surface area (Å²) in [6, 6.07) is 6.14. The summed E-state index contributed by atoms with van der Waals surface area (Å²) >= 11 is 0. The summed E-state index contributed by atoms with van der Waals surface area (Å²) in [6.45, 7) is 4.22. The zero-order valence-corrected chi connectivity index (χ0v) is 9.21. The highest BCUT2D eigenvalue weighted by Gasteiger charge is 2.12. The monoisotopic (exact) mass is 193 g/mol. The van der Waals surface area contributed by atoms with Gasteiger partial charge in [-0.15, -0.1) is 0 Å². The van der Waals surface area contributed by atoms with E-state index < -0.39 is 0 Å². The molecule has 2 nitrogen and oxygen atoms in total. The molecule has 0 aromatic heterocycles. The van der Waals surface area contributed by atoms with Crippen LogP contribution in [0.1, 0.15) is 36.9 Å². The molecule has 1 aromatic carbocycles. The number of benzene rings is 1. The molecule has 0 spiro atoms. The van der Waals surface area contributed by atoms with Gasteiger partial charge in [-0.1, -0.05) is 25.5 Å². The van der Waals surface area contributed by atoms with E-state index in [1.807, 2.05) is 12.1 Å². The minimum atomic E-state index is 0.0937. The smallest absolute Gasteiger partial charge is 0.123 e. The van der Waals surface area contributed by atoms with E-state index in [2.05, 4.69) is 19.9 Å². The molecule has 0 heterocycles. The molecule has 78 valence electrons. The highest BCUT2D eigenvalue weighted by atomic mass is 16.5. The van der Waals surface area contributed by atoms with Crippen molar-refractivity contribution in [3.05, 3.63) is 29.3 Å². The predicted octanol–water partition coefficient (Wildman–Crippen LogP) is 2.80. The van der Waals surface area contributed by atoms with Crippen LogP contribution in [-0.4, -0.2) is 7.11 Å². The average molecular weight is 193 g/mol. The van der Waals surface area contributed by atoms with Gasteiger partial charge in [-0.25, -0.2) is 0 Å².